The van der Waals surface area contributed by atoms with Gasteiger partial charge in [0.2, 0.25) is 5.91 Å². The van der Waals surface area contributed by atoms with Crippen molar-refractivity contribution < 1.29 is 19.4 Å². The Morgan fingerprint density at radius 1 is 1.56 bits per heavy atom. The summed E-state index contributed by atoms with van der Waals surface area (Å²) < 4.78 is 5.48. The molecule has 0 bridgehead atoms. The van der Waals surface area contributed by atoms with Crippen LogP contribution in [0.1, 0.15) is 13.3 Å². The number of ether oxygens (including phenoxy) is 1. The number of rotatable bonds is 3. The van der Waals surface area contributed by atoms with Crippen LogP contribution in [0.25, 0.3) is 0 Å². The highest BCUT2D eigenvalue weighted by Crippen LogP contribution is 2.36. The minimum Gasteiger partial charge on any atom is -0.508 e. The summed E-state index contributed by atoms with van der Waals surface area (Å²) in [5.41, 5.74) is 5.58. The lowest BCUT2D eigenvalue weighted by atomic mass is 10.1. The van der Waals surface area contributed by atoms with Crippen LogP contribution in [0.2, 0.25) is 0 Å². The van der Waals surface area contributed by atoms with Gasteiger partial charge in [0, 0.05) is 6.07 Å². The molecule has 1 atom stereocenters. The molecule has 3 N–H and O–H groups in total. The Bertz CT molecular complexity index is 501. The fraction of sp³-hybridized carbons (Fsp3) is 0.333. The molecule has 0 spiro atoms. The second-order valence-electron chi connectivity index (χ2n) is 4.06. The zero-order valence-electron chi connectivity index (χ0n) is 9.92. The van der Waals surface area contributed by atoms with Crippen molar-refractivity contribution in [2.75, 3.05) is 11.4 Å². The van der Waals surface area contributed by atoms with E-state index in [4.69, 9.17) is 10.5 Å². The molecule has 18 heavy (non-hydrogen) atoms. The Morgan fingerprint density at radius 3 is 2.89 bits per heavy atom. The van der Waals surface area contributed by atoms with Crippen molar-refractivity contribution in [2.24, 2.45) is 5.73 Å². The van der Waals surface area contributed by atoms with Gasteiger partial charge in [-0.1, -0.05) is 6.92 Å². The fourth-order valence-electron chi connectivity index (χ4n) is 1.89. The molecule has 0 saturated heterocycles. The van der Waals surface area contributed by atoms with Gasteiger partial charge in [0.15, 0.2) is 6.10 Å². The number of benzene rings is 1. The molecule has 1 heterocycles. The highest BCUT2D eigenvalue weighted by Gasteiger charge is 2.34. The smallest absolute Gasteiger partial charge is 0.268 e. The molecule has 0 aliphatic carbocycles. The van der Waals surface area contributed by atoms with E-state index in [1.807, 2.05) is 0 Å². The Balaban J connectivity index is 2.44. The Kier molecular flexibility index (Phi) is 3.10. The number of nitrogens with zero attached hydrogens (tertiary/aromatic N) is 1. The topological polar surface area (TPSA) is 92.9 Å². The lowest BCUT2D eigenvalue weighted by Gasteiger charge is -2.33. The van der Waals surface area contributed by atoms with Crippen LogP contribution in [0.15, 0.2) is 18.2 Å². The molecule has 1 unspecified atom stereocenters. The van der Waals surface area contributed by atoms with E-state index in [-0.39, 0.29) is 18.2 Å². The van der Waals surface area contributed by atoms with Gasteiger partial charge in [-0.15, -0.1) is 0 Å². The molecule has 6 heteroatoms. The molecule has 6 nitrogen and oxygen atoms in total. The average Bonchev–Trinajstić information content (AvgIpc) is 2.31. The lowest BCUT2D eigenvalue weighted by Crippen LogP contribution is -2.48. The summed E-state index contributed by atoms with van der Waals surface area (Å²) in [4.78, 5) is 24.4. The molecule has 0 fully saturated rings. The number of anilines is 1. The van der Waals surface area contributed by atoms with E-state index < -0.39 is 12.0 Å². The predicted octanol–water partition coefficient (Wildman–Crippen LogP) is 0.381. The van der Waals surface area contributed by atoms with Crippen LogP contribution in [-0.4, -0.2) is 29.6 Å². The molecule has 1 aromatic rings. The van der Waals surface area contributed by atoms with Gasteiger partial charge < -0.3 is 15.6 Å². The SMILES string of the molecule is CCC1Oc2cc(O)ccc2N(CC(N)=O)C1=O. The first-order valence-corrected chi connectivity index (χ1v) is 5.62. The van der Waals surface area contributed by atoms with Gasteiger partial charge in [0.25, 0.3) is 5.91 Å². The normalized spacial score (nSPS) is 18.2. The van der Waals surface area contributed by atoms with Crippen LogP contribution in [0.4, 0.5) is 5.69 Å². The highest BCUT2D eigenvalue weighted by molar-refractivity contribution is 6.03. The van der Waals surface area contributed by atoms with Gasteiger partial charge in [0.1, 0.15) is 18.0 Å². The maximum atomic E-state index is 12.1. The van der Waals surface area contributed by atoms with Crippen LogP contribution in [-0.2, 0) is 9.59 Å². The number of primary amides is 1. The second-order valence-corrected chi connectivity index (χ2v) is 4.06. The van der Waals surface area contributed by atoms with Gasteiger partial charge in [-0.05, 0) is 18.6 Å². The summed E-state index contributed by atoms with van der Waals surface area (Å²) >= 11 is 0. The van der Waals surface area contributed by atoms with Crippen LogP contribution in [0.3, 0.4) is 0 Å². The molecule has 1 aliphatic rings. The lowest BCUT2D eigenvalue weighted by molar-refractivity contribution is -0.128. The Hall–Kier alpha value is -2.24. The number of phenols is 1. The summed E-state index contributed by atoms with van der Waals surface area (Å²) in [7, 11) is 0. The first-order valence-electron chi connectivity index (χ1n) is 5.62. The van der Waals surface area contributed by atoms with Gasteiger partial charge in [-0.2, -0.15) is 0 Å². The van der Waals surface area contributed by atoms with Crippen molar-refractivity contribution in [1.82, 2.24) is 0 Å². The summed E-state index contributed by atoms with van der Waals surface area (Å²) in [5, 5.41) is 9.41. The quantitative estimate of drug-likeness (QED) is 0.811. The molecule has 0 saturated carbocycles. The number of aromatic hydroxyl groups is 1. The number of phenolic OH excluding ortho intramolecular Hbond substituents is 1. The van der Waals surface area contributed by atoms with E-state index in [9.17, 15) is 14.7 Å². The highest BCUT2D eigenvalue weighted by atomic mass is 16.5. The van der Waals surface area contributed by atoms with E-state index in [1.54, 1.807) is 6.92 Å². The third kappa shape index (κ3) is 2.09. The molecular weight excluding hydrogens is 236 g/mol. The third-order valence-electron chi connectivity index (χ3n) is 2.73. The molecular formula is C12H14N2O4. The van der Waals surface area contributed by atoms with Crippen molar-refractivity contribution in [3.8, 4) is 11.5 Å². The Morgan fingerprint density at radius 2 is 2.28 bits per heavy atom. The van der Waals surface area contributed by atoms with Crippen molar-refractivity contribution in [3.05, 3.63) is 18.2 Å². The maximum Gasteiger partial charge on any atom is 0.268 e. The number of carbonyl (C=O) groups excluding carboxylic acids is 2. The minimum absolute atomic E-state index is 0.0389. The standard InChI is InChI=1S/C12H14N2O4/c1-2-9-12(17)14(6-11(13)16)8-4-3-7(15)5-10(8)18-9/h3-5,9,15H,2,6H2,1H3,(H2,13,16). The predicted molar refractivity (Wildman–Crippen MR) is 64.4 cm³/mol. The molecule has 1 aliphatic heterocycles. The van der Waals surface area contributed by atoms with Crippen molar-refractivity contribution >= 4 is 17.5 Å². The second kappa shape index (κ2) is 4.56. The molecule has 0 aromatic heterocycles. The number of hydrogen-bond acceptors (Lipinski definition) is 4. The van der Waals surface area contributed by atoms with Crippen LogP contribution in [0, 0.1) is 0 Å². The van der Waals surface area contributed by atoms with Crippen molar-refractivity contribution in [3.63, 3.8) is 0 Å². The van der Waals surface area contributed by atoms with E-state index in [0.29, 0.717) is 17.9 Å². The summed E-state index contributed by atoms with van der Waals surface area (Å²) in [6.07, 6.45) is -0.179. The number of hydrogen-bond donors (Lipinski definition) is 2. The summed E-state index contributed by atoms with van der Waals surface area (Å²) in [5.74, 6) is -0.478. The zero-order valence-corrected chi connectivity index (χ0v) is 9.92. The first-order chi connectivity index (χ1) is 8.52. The molecule has 0 radical (unpaired) electrons. The molecule has 1 aromatic carbocycles. The molecule has 96 valence electrons. The summed E-state index contributed by atoms with van der Waals surface area (Å²) in [6.45, 7) is 1.61. The van der Waals surface area contributed by atoms with Crippen LogP contribution < -0.4 is 15.4 Å². The van der Waals surface area contributed by atoms with Crippen molar-refractivity contribution in [1.29, 1.82) is 0 Å². The average molecular weight is 250 g/mol. The largest absolute Gasteiger partial charge is 0.508 e. The summed E-state index contributed by atoms with van der Waals surface area (Å²) in [6, 6.07) is 4.37. The minimum atomic E-state index is -0.654. The zero-order chi connectivity index (χ0) is 13.3. The number of nitrogens with two attached hydrogens (primary N) is 1. The number of fused-ring (bicyclic) bond motifs is 1. The van der Waals surface area contributed by atoms with E-state index in [1.165, 1.54) is 23.1 Å². The number of carbonyl (C=O) groups is 2. The van der Waals surface area contributed by atoms with Gasteiger partial charge in [-0.3, -0.25) is 14.5 Å². The van der Waals surface area contributed by atoms with Gasteiger partial charge in [-0.25, -0.2) is 0 Å². The molecule has 2 rings (SSSR count). The van der Waals surface area contributed by atoms with Gasteiger partial charge in [0.05, 0.1) is 5.69 Å². The van der Waals surface area contributed by atoms with Crippen molar-refractivity contribution in [2.45, 2.75) is 19.4 Å². The maximum absolute atomic E-state index is 12.1. The van der Waals surface area contributed by atoms with E-state index >= 15 is 0 Å². The third-order valence-corrected chi connectivity index (χ3v) is 2.73. The monoisotopic (exact) mass is 250 g/mol. The van der Waals surface area contributed by atoms with E-state index in [0.717, 1.165) is 0 Å². The van der Waals surface area contributed by atoms with Crippen LogP contribution >= 0.6 is 0 Å². The first kappa shape index (κ1) is 12.2. The van der Waals surface area contributed by atoms with E-state index in [2.05, 4.69) is 0 Å². The van der Waals surface area contributed by atoms with Crippen LogP contribution in [0.5, 0.6) is 11.5 Å². The Labute approximate surface area is 104 Å². The number of amides is 2. The fourth-order valence-corrected chi connectivity index (χ4v) is 1.89. The van der Waals surface area contributed by atoms with Gasteiger partial charge >= 0.3 is 0 Å². The molecule has 2 amide bonds.